The lowest BCUT2D eigenvalue weighted by atomic mass is 9.83. The van der Waals surface area contributed by atoms with Gasteiger partial charge in [0, 0.05) is 13.1 Å². The van der Waals surface area contributed by atoms with E-state index in [-0.39, 0.29) is 0 Å². The molecule has 1 aromatic rings. The maximum absolute atomic E-state index is 6.00. The molecule has 2 rings (SSSR count). The van der Waals surface area contributed by atoms with Gasteiger partial charge in [0.1, 0.15) is 5.82 Å². The number of rotatable bonds is 5. The summed E-state index contributed by atoms with van der Waals surface area (Å²) in [5.74, 6) is 1.94. The van der Waals surface area contributed by atoms with E-state index in [9.17, 15) is 0 Å². The van der Waals surface area contributed by atoms with Crippen molar-refractivity contribution < 1.29 is 0 Å². The number of anilines is 2. The molecular formula is C12H22N4. The van der Waals surface area contributed by atoms with Crippen LogP contribution in [0.25, 0.3) is 0 Å². The van der Waals surface area contributed by atoms with Gasteiger partial charge >= 0.3 is 0 Å². The van der Waals surface area contributed by atoms with Crippen molar-refractivity contribution in [1.29, 1.82) is 0 Å². The van der Waals surface area contributed by atoms with Gasteiger partial charge in [-0.15, -0.1) is 0 Å². The van der Waals surface area contributed by atoms with E-state index in [0.29, 0.717) is 0 Å². The van der Waals surface area contributed by atoms with Crippen LogP contribution in [0.5, 0.6) is 0 Å². The van der Waals surface area contributed by atoms with E-state index in [4.69, 9.17) is 5.73 Å². The molecule has 90 valence electrons. The molecule has 0 atom stereocenters. The molecule has 0 bridgehead atoms. The quantitative estimate of drug-likeness (QED) is 0.804. The summed E-state index contributed by atoms with van der Waals surface area (Å²) >= 11 is 0. The number of aromatic nitrogens is 2. The topological polar surface area (TPSA) is 55.9 Å². The van der Waals surface area contributed by atoms with Gasteiger partial charge in [-0.2, -0.15) is 5.10 Å². The van der Waals surface area contributed by atoms with E-state index in [1.807, 2.05) is 11.6 Å². The molecule has 1 heterocycles. The zero-order valence-corrected chi connectivity index (χ0v) is 10.3. The molecule has 0 radical (unpaired) electrons. The van der Waals surface area contributed by atoms with Crippen LogP contribution in [0.1, 0.15) is 38.3 Å². The minimum absolute atomic E-state index is 0.801. The maximum atomic E-state index is 6.00. The summed E-state index contributed by atoms with van der Waals surface area (Å²) in [6.07, 6.45) is 5.48. The Morgan fingerprint density at radius 2 is 2.25 bits per heavy atom. The molecule has 0 aliphatic heterocycles. The van der Waals surface area contributed by atoms with Crippen LogP contribution in [0.15, 0.2) is 0 Å². The molecule has 1 aliphatic rings. The molecule has 0 aromatic carbocycles. The van der Waals surface area contributed by atoms with Crippen molar-refractivity contribution in [3.05, 3.63) is 5.69 Å². The van der Waals surface area contributed by atoms with Crippen LogP contribution in [0.3, 0.4) is 0 Å². The van der Waals surface area contributed by atoms with Crippen LogP contribution in [0.2, 0.25) is 0 Å². The van der Waals surface area contributed by atoms with Crippen molar-refractivity contribution in [2.24, 2.45) is 5.92 Å². The SMILES string of the molecule is CCn1nc(C)c(N)c1NCCC1CCC1. The number of nitrogens with two attached hydrogens (primary N) is 1. The van der Waals surface area contributed by atoms with Crippen LogP contribution in [0, 0.1) is 12.8 Å². The summed E-state index contributed by atoms with van der Waals surface area (Å²) in [5, 5.41) is 7.82. The summed E-state index contributed by atoms with van der Waals surface area (Å²) in [7, 11) is 0. The number of hydrogen-bond acceptors (Lipinski definition) is 3. The normalized spacial score (nSPS) is 16.1. The van der Waals surface area contributed by atoms with E-state index >= 15 is 0 Å². The van der Waals surface area contributed by atoms with Crippen LogP contribution < -0.4 is 11.1 Å². The Morgan fingerprint density at radius 1 is 1.50 bits per heavy atom. The fourth-order valence-electron chi connectivity index (χ4n) is 2.19. The van der Waals surface area contributed by atoms with Gasteiger partial charge < -0.3 is 11.1 Å². The minimum atomic E-state index is 0.801. The number of hydrogen-bond donors (Lipinski definition) is 2. The Kier molecular flexibility index (Phi) is 3.36. The van der Waals surface area contributed by atoms with Crippen LogP contribution >= 0.6 is 0 Å². The third-order valence-corrected chi connectivity index (χ3v) is 3.54. The molecule has 0 saturated heterocycles. The molecule has 3 N–H and O–H groups in total. The molecule has 1 fully saturated rings. The van der Waals surface area contributed by atoms with Gasteiger partial charge in [-0.05, 0) is 26.2 Å². The summed E-state index contributed by atoms with van der Waals surface area (Å²) in [4.78, 5) is 0. The highest BCUT2D eigenvalue weighted by Gasteiger charge is 2.17. The highest BCUT2D eigenvalue weighted by atomic mass is 15.3. The first-order valence-corrected chi connectivity index (χ1v) is 6.29. The molecule has 4 heteroatoms. The van der Waals surface area contributed by atoms with E-state index in [2.05, 4.69) is 17.3 Å². The summed E-state index contributed by atoms with van der Waals surface area (Å²) in [6.45, 7) is 5.92. The van der Waals surface area contributed by atoms with Crippen LogP contribution in [0.4, 0.5) is 11.5 Å². The van der Waals surface area contributed by atoms with Crippen molar-refractivity contribution in [2.45, 2.75) is 46.1 Å². The molecular weight excluding hydrogens is 200 g/mol. The van der Waals surface area contributed by atoms with Crippen molar-refractivity contribution in [3.8, 4) is 0 Å². The average Bonchev–Trinajstić information content (AvgIpc) is 2.48. The number of nitrogens with zero attached hydrogens (tertiary/aromatic N) is 2. The van der Waals surface area contributed by atoms with Crippen molar-refractivity contribution in [1.82, 2.24) is 9.78 Å². The first kappa shape index (κ1) is 11.3. The highest BCUT2D eigenvalue weighted by Crippen LogP contribution is 2.29. The molecule has 4 nitrogen and oxygen atoms in total. The highest BCUT2D eigenvalue weighted by molar-refractivity contribution is 5.64. The Hall–Kier alpha value is -1.19. The fourth-order valence-corrected chi connectivity index (χ4v) is 2.19. The molecule has 1 aliphatic carbocycles. The maximum Gasteiger partial charge on any atom is 0.148 e. The summed E-state index contributed by atoms with van der Waals surface area (Å²) < 4.78 is 1.95. The second kappa shape index (κ2) is 4.76. The largest absolute Gasteiger partial charge is 0.394 e. The van der Waals surface area contributed by atoms with Gasteiger partial charge in [0.15, 0.2) is 0 Å². The Bertz CT molecular complexity index is 352. The zero-order chi connectivity index (χ0) is 11.5. The first-order valence-electron chi connectivity index (χ1n) is 6.29. The standard InChI is InChI=1S/C12H22N4/c1-3-16-12(11(13)9(2)15-16)14-8-7-10-5-4-6-10/h10,14H,3-8,13H2,1-2H3. The van der Waals surface area contributed by atoms with E-state index in [1.165, 1.54) is 25.7 Å². The molecule has 0 amide bonds. The van der Waals surface area contributed by atoms with Crippen LogP contribution in [-0.4, -0.2) is 16.3 Å². The fraction of sp³-hybridized carbons (Fsp3) is 0.750. The average molecular weight is 222 g/mol. The van der Waals surface area contributed by atoms with Gasteiger partial charge in [0.2, 0.25) is 0 Å². The second-order valence-corrected chi connectivity index (χ2v) is 4.68. The van der Waals surface area contributed by atoms with Gasteiger partial charge in [0.25, 0.3) is 0 Å². The predicted molar refractivity (Wildman–Crippen MR) is 67.5 cm³/mol. The third kappa shape index (κ3) is 2.15. The first-order chi connectivity index (χ1) is 7.72. The summed E-state index contributed by atoms with van der Waals surface area (Å²) in [6, 6.07) is 0. The van der Waals surface area contributed by atoms with Crippen LogP contribution in [-0.2, 0) is 6.54 Å². The van der Waals surface area contributed by atoms with Crippen molar-refractivity contribution in [3.63, 3.8) is 0 Å². The van der Waals surface area contributed by atoms with Gasteiger partial charge in [-0.25, -0.2) is 4.68 Å². The van der Waals surface area contributed by atoms with E-state index in [1.54, 1.807) is 0 Å². The minimum Gasteiger partial charge on any atom is -0.394 e. The molecule has 0 spiro atoms. The van der Waals surface area contributed by atoms with Crippen molar-refractivity contribution in [2.75, 3.05) is 17.6 Å². The summed E-state index contributed by atoms with van der Waals surface area (Å²) in [5.41, 5.74) is 7.72. The lowest BCUT2D eigenvalue weighted by Gasteiger charge is -2.25. The van der Waals surface area contributed by atoms with Gasteiger partial charge in [0.05, 0.1) is 11.4 Å². The smallest absolute Gasteiger partial charge is 0.148 e. The zero-order valence-electron chi connectivity index (χ0n) is 10.3. The third-order valence-electron chi connectivity index (χ3n) is 3.54. The van der Waals surface area contributed by atoms with E-state index < -0.39 is 0 Å². The Morgan fingerprint density at radius 3 is 2.81 bits per heavy atom. The van der Waals surface area contributed by atoms with Crippen molar-refractivity contribution >= 4 is 11.5 Å². The lowest BCUT2D eigenvalue weighted by molar-refractivity contribution is 0.302. The lowest BCUT2D eigenvalue weighted by Crippen LogP contribution is -2.17. The monoisotopic (exact) mass is 222 g/mol. The van der Waals surface area contributed by atoms with Gasteiger partial charge in [-0.1, -0.05) is 19.3 Å². The number of nitrogen functional groups attached to an aromatic ring is 1. The van der Waals surface area contributed by atoms with E-state index in [0.717, 1.165) is 36.2 Å². The number of nitrogens with one attached hydrogen (secondary N) is 1. The Labute approximate surface area is 97.2 Å². The molecule has 1 aromatic heterocycles. The number of aryl methyl sites for hydroxylation is 2. The second-order valence-electron chi connectivity index (χ2n) is 4.68. The Balaban J connectivity index is 1.91. The predicted octanol–water partition coefficient (Wildman–Crippen LogP) is 2.40. The molecule has 16 heavy (non-hydrogen) atoms. The van der Waals surface area contributed by atoms with Gasteiger partial charge in [-0.3, -0.25) is 0 Å². The molecule has 1 saturated carbocycles. The molecule has 0 unspecified atom stereocenters.